The Labute approximate surface area is 130 Å². The Kier molecular flexibility index (Phi) is 6.70. The molecular weight excluding hydrogens is 265 g/mol. The Morgan fingerprint density at radius 1 is 1.53 bits per heavy atom. The minimum atomic E-state index is -1.22. The summed E-state index contributed by atoms with van der Waals surface area (Å²) >= 11 is 0. The molecule has 0 aromatic heterocycles. The van der Waals surface area contributed by atoms with Crippen LogP contribution >= 0.6 is 0 Å². The summed E-state index contributed by atoms with van der Waals surface area (Å²) in [4.78, 5) is 40.5. The van der Waals surface area contributed by atoms with E-state index in [1.165, 1.54) is 18.0 Å². The van der Waals surface area contributed by atoms with Gasteiger partial charge in [0.05, 0.1) is 20.1 Å². The number of hydrogen-bond acceptors (Lipinski definition) is 7. The molecule has 10 heteroatoms. The zero-order valence-corrected chi connectivity index (χ0v) is 12.8. The zero-order chi connectivity index (χ0) is 13.9. The van der Waals surface area contributed by atoms with E-state index in [0.29, 0.717) is 5.84 Å². The molecule has 0 fully saturated rings. The third-order valence-corrected chi connectivity index (χ3v) is 2.14. The first-order valence-corrected chi connectivity index (χ1v) is 4.83. The Bertz CT molecular complexity index is 511. The number of rotatable bonds is 1. The van der Waals surface area contributed by atoms with E-state index in [-0.39, 0.29) is 41.8 Å². The number of carbonyl (C=O) groups is 3. The smallest absolute Gasteiger partial charge is 0.549 e. The standard InChI is InChI=1S/C7H7N4O2.C2H5NO2.Na/c1-10-5-4(8-3-9-5)6(12)11(2)7(10)13;3-1-2(4)5;/h3H,1-2H3;1,3H2,(H,4,5);/q+1;;+1/p-1. The van der Waals surface area contributed by atoms with Gasteiger partial charge in [0, 0.05) is 6.54 Å². The fraction of sp³-hybridized carbons (Fsp3) is 0.333. The van der Waals surface area contributed by atoms with Crippen molar-refractivity contribution in [3.63, 3.8) is 0 Å². The molecule has 0 saturated heterocycles. The largest absolute Gasteiger partial charge is 1.00 e. The van der Waals surface area contributed by atoms with Crippen LogP contribution in [0.3, 0.4) is 0 Å². The van der Waals surface area contributed by atoms with Crippen molar-refractivity contribution < 1.29 is 53.6 Å². The van der Waals surface area contributed by atoms with Gasteiger partial charge in [-0.25, -0.2) is 14.6 Å². The number of amides is 3. The van der Waals surface area contributed by atoms with Crippen molar-refractivity contribution in [1.82, 2.24) is 4.90 Å². The van der Waals surface area contributed by atoms with Gasteiger partial charge in [0.15, 0.2) is 6.34 Å². The predicted molar refractivity (Wildman–Crippen MR) is 59.3 cm³/mol. The number of imide groups is 1. The molecule has 0 atom stereocenters. The number of hydrogen-bond donors (Lipinski definition) is 1. The summed E-state index contributed by atoms with van der Waals surface area (Å²) < 4.78 is 1.30. The van der Waals surface area contributed by atoms with E-state index in [9.17, 15) is 9.59 Å². The van der Waals surface area contributed by atoms with Crippen LogP contribution in [-0.4, -0.2) is 65.9 Å². The van der Waals surface area contributed by atoms with Crippen LogP contribution < -0.4 is 40.4 Å². The molecule has 0 aliphatic carbocycles. The third-order valence-electron chi connectivity index (χ3n) is 2.14. The monoisotopic (exact) mass is 276 g/mol. The molecule has 0 unspecified atom stereocenters. The molecule has 0 spiro atoms. The number of amidine groups is 1. The number of carboxylic acids is 1. The van der Waals surface area contributed by atoms with Crippen LogP contribution in [0.5, 0.6) is 0 Å². The van der Waals surface area contributed by atoms with Crippen molar-refractivity contribution in [2.24, 2.45) is 15.7 Å². The molecule has 2 aliphatic rings. The fourth-order valence-corrected chi connectivity index (χ4v) is 1.22. The molecule has 0 saturated carbocycles. The van der Waals surface area contributed by atoms with E-state index in [1.54, 1.807) is 7.05 Å². The van der Waals surface area contributed by atoms with Gasteiger partial charge in [0.2, 0.25) is 5.71 Å². The molecule has 2 heterocycles. The minimum Gasteiger partial charge on any atom is -0.549 e. The molecule has 3 amide bonds. The molecule has 0 bridgehead atoms. The Morgan fingerprint density at radius 3 is 2.53 bits per heavy atom. The molecular formula is C9H11N5NaO4+. The summed E-state index contributed by atoms with van der Waals surface area (Å²) in [5.41, 5.74) is 4.74. The average Bonchev–Trinajstić information content (AvgIpc) is 2.83. The van der Waals surface area contributed by atoms with Gasteiger partial charge in [-0.05, 0) is 0 Å². The third kappa shape index (κ3) is 3.77. The van der Waals surface area contributed by atoms with Gasteiger partial charge in [-0.2, -0.15) is 9.48 Å². The van der Waals surface area contributed by atoms with Crippen LogP contribution in [0.2, 0.25) is 0 Å². The van der Waals surface area contributed by atoms with E-state index >= 15 is 0 Å². The van der Waals surface area contributed by atoms with E-state index < -0.39 is 17.9 Å². The second kappa shape index (κ2) is 7.24. The Balaban J connectivity index is 0.000000471. The van der Waals surface area contributed by atoms with Crippen molar-refractivity contribution in [2.45, 2.75) is 0 Å². The normalized spacial score (nSPS) is 16.4. The second-order valence-electron chi connectivity index (χ2n) is 3.33. The Morgan fingerprint density at radius 2 is 2.05 bits per heavy atom. The van der Waals surface area contributed by atoms with E-state index in [0.717, 1.165) is 4.90 Å². The zero-order valence-electron chi connectivity index (χ0n) is 10.8. The van der Waals surface area contributed by atoms with Crippen molar-refractivity contribution in [3.05, 3.63) is 0 Å². The SMILES string of the molecule is CN1C(=O)C2=NC=NC2=[N+](C)C1=O.NCC(=O)[O-].[Na+]. The first-order valence-electron chi connectivity index (χ1n) is 4.83. The summed E-state index contributed by atoms with van der Waals surface area (Å²) in [6.07, 6.45) is 1.27. The molecule has 9 nitrogen and oxygen atoms in total. The number of fused-ring (bicyclic) bond motifs is 1. The van der Waals surface area contributed by atoms with Crippen LogP contribution in [0.4, 0.5) is 4.79 Å². The van der Waals surface area contributed by atoms with Gasteiger partial charge in [0.1, 0.15) is 0 Å². The first-order chi connectivity index (χ1) is 8.40. The van der Waals surface area contributed by atoms with Gasteiger partial charge < -0.3 is 15.6 Å². The van der Waals surface area contributed by atoms with Gasteiger partial charge in [-0.3, -0.25) is 0 Å². The Hall–Kier alpha value is -1.42. The summed E-state index contributed by atoms with van der Waals surface area (Å²) in [5, 5.41) is 9.13. The van der Waals surface area contributed by atoms with Crippen LogP contribution in [-0.2, 0) is 9.59 Å². The number of aliphatic imine (C=N–C) groups is 2. The number of carboxylic acid groups (broad SMARTS) is 1. The van der Waals surface area contributed by atoms with Gasteiger partial charge in [0.25, 0.3) is 5.84 Å². The average molecular weight is 276 g/mol. The molecule has 96 valence electrons. The summed E-state index contributed by atoms with van der Waals surface area (Å²) in [6.45, 7) is -0.389. The maximum atomic E-state index is 11.4. The molecule has 0 aromatic carbocycles. The molecule has 2 aliphatic heterocycles. The molecule has 0 radical (unpaired) electrons. The minimum absolute atomic E-state index is 0. The van der Waals surface area contributed by atoms with Gasteiger partial charge in [-0.15, -0.1) is 0 Å². The fourth-order valence-electron chi connectivity index (χ4n) is 1.22. The number of nitrogens with two attached hydrogens (primary N) is 1. The maximum Gasteiger partial charge on any atom is 1.00 e. The number of aliphatic carboxylic acids is 1. The van der Waals surface area contributed by atoms with E-state index in [2.05, 4.69) is 15.7 Å². The summed E-state index contributed by atoms with van der Waals surface area (Å²) in [5.74, 6) is -1.30. The molecule has 2 N–H and O–H groups in total. The van der Waals surface area contributed by atoms with Crippen LogP contribution in [0.25, 0.3) is 0 Å². The topological polar surface area (TPSA) is 131 Å². The van der Waals surface area contributed by atoms with E-state index in [4.69, 9.17) is 9.90 Å². The molecule has 0 aromatic rings. The van der Waals surface area contributed by atoms with Crippen LogP contribution in [0.15, 0.2) is 9.98 Å². The second-order valence-corrected chi connectivity index (χ2v) is 3.33. The van der Waals surface area contributed by atoms with E-state index in [1.807, 2.05) is 0 Å². The van der Waals surface area contributed by atoms with Crippen molar-refractivity contribution in [1.29, 1.82) is 0 Å². The van der Waals surface area contributed by atoms with Crippen molar-refractivity contribution in [3.8, 4) is 0 Å². The summed E-state index contributed by atoms with van der Waals surface area (Å²) in [7, 11) is 2.97. The van der Waals surface area contributed by atoms with Crippen molar-refractivity contribution in [2.75, 3.05) is 20.6 Å². The van der Waals surface area contributed by atoms with Gasteiger partial charge >= 0.3 is 41.5 Å². The molecule has 2 rings (SSSR count). The first kappa shape index (κ1) is 17.6. The van der Waals surface area contributed by atoms with Crippen molar-refractivity contribution >= 4 is 35.8 Å². The summed E-state index contributed by atoms with van der Waals surface area (Å²) in [6, 6.07) is -0.391. The predicted octanol–water partition coefficient (Wildman–Crippen LogP) is -6.20. The van der Waals surface area contributed by atoms with Gasteiger partial charge in [-0.1, -0.05) is 4.99 Å². The van der Waals surface area contributed by atoms with Crippen LogP contribution in [0.1, 0.15) is 0 Å². The molecule has 19 heavy (non-hydrogen) atoms. The number of carbonyl (C=O) groups excluding carboxylic acids is 3. The number of urea groups is 1. The maximum absolute atomic E-state index is 11.4. The quantitative estimate of drug-likeness (QED) is 0.376. The number of nitrogens with zero attached hydrogens (tertiary/aromatic N) is 4. The van der Waals surface area contributed by atoms with Crippen LogP contribution in [0, 0.1) is 0 Å².